The molecule has 1 aromatic carbocycles. The summed E-state index contributed by atoms with van der Waals surface area (Å²) in [6, 6.07) is 4.97. The normalized spacial score (nSPS) is 10.4. The number of hydrogen-bond donors (Lipinski definition) is 3. The number of carbonyl (C=O) groups is 1. The minimum Gasteiger partial charge on any atom is -0.465 e. The number of hydrogen-bond acceptors (Lipinski definition) is 3. The van der Waals surface area contributed by atoms with E-state index in [1.807, 2.05) is 0 Å². The monoisotopic (exact) mass is 208 g/mol. The Bertz CT molecular complexity index is 554. The third kappa shape index (κ3) is 1.98. The first-order valence-corrected chi connectivity index (χ1v) is 4.24. The van der Waals surface area contributed by atoms with Crippen LogP contribution in [-0.2, 0) is 6.54 Å². The third-order valence-electron chi connectivity index (χ3n) is 1.93. The highest BCUT2D eigenvalue weighted by atomic mass is 16.4. The molecule has 0 saturated carbocycles. The average Bonchev–Trinajstić information content (AvgIpc) is 2.53. The number of fused-ring (bicyclic) bond motifs is 1. The van der Waals surface area contributed by atoms with Crippen LogP contribution in [0, 0.1) is 0 Å². The maximum atomic E-state index is 10.8. The highest BCUT2D eigenvalue weighted by Crippen LogP contribution is 2.11. The number of rotatable bonds is 2. The van der Waals surface area contributed by atoms with E-state index in [0.29, 0.717) is 11.1 Å². The lowest BCUT2D eigenvalue weighted by Gasteiger charge is -2.00. The van der Waals surface area contributed by atoms with E-state index in [9.17, 15) is 9.59 Å². The van der Waals surface area contributed by atoms with Gasteiger partial charge in [0, 0.05) is 6.54 Å². The first-order chi connectivity index (χ1) is 7.15. The van der Waals surface area contributed by atoms with Gasteiger partial charge in [0.05, 0.1) is 5.52 Å². The van der Waals surface area contributed by atoms with Crippen LogP contribution in [0.25, 0.3) is 11.1 Å². The molecule has 0 radical (unpaired) electrons. The molecule has 6 nitrogen and oxygen atoms in total. The van der Waals surface area contributed by atoms with Crippen molar-refractivity contribution in [3.63, 3.8) is 0 Å². The van der Waals surface area contributed by atoms with Crippen LogP contribution >= 0.6 is 0 Å². The van der Waals surface area contributed by atoms with Gasteiger partial charge in [-0.25, -0.2) is 9.59 Å². The highest BCUT2D eigenvalue weighted by Gasteiger charge is 2.02. The van der Waals surface area contributed by atoms with E-state index < -0.39 is 11.8 Å². The summed E-state index contributed by atoms with van der Waals surface area (Å²) >= 11 is 0. The largest absolute Gasteiger partial charge is 0.465 e. The summed E-state index contributed by atoms with van der Waals surface area (Å²) < 4.78 is 4.80. The molecule has 0 bridgehead atoms. The molecule has 0 aliphatic carbocycles. The zero-order chi connectivity index (χ0) is 10.8. The van der Waals surface area contributed by atoms with Crippen molar-refractivity contribution in [2.45, 2.75) is 6.54 Å². The van der Waals surface area contributed by atoms with Crippen LogP contribution in [0.5, 0.6) is 0 Å². The van der Waals surface area contributed by atoms with E-state index in [1.165, 1.54) is 0 Å². The second kappa shape index (κ2) is 3.49. The van der Waals surface area contributed by atoms with Crippen molar-refractivity contribution < 1.29 is 14.3 Å². The van der Waals surface area contributed by atoms with Gasteiger partial charge >= 0.3 is 11.8 Å². The fourth-order valence-corrected chi connectivity index (χ4v) is 1.29. The Morgan fingerprint density at radius 2 is 2.33 bits per heavy atom. The molecule has 0 aliphatic rings. The quantitative estimate of drug-likeness (QED) is 0.682. The Morgan fingerprint density at radius 3 is 3.07 bits per heavy atom. The molecule has 78 valence electrons. The zero-order valence-corrected chi connectivity index (χ0v) is 7.61. The minimum atomic E-state index is -1.09. The molecule has 0 saturated heterocycles. The number of amides is 1. The first-order valence-electron chi connectivity index (χ1n) is 4.24. The van der Waals surface area contributed by atoms with Crippen LogP contribution in [0.15, 0.2) is 27.4 Å². The molecule has 1 aromatic heterocycles. The second-order valence-corrected chi connectivity index (χ2v) is 3.00. The third-order valence-corrected chi connectivity index (χ3v) is 1.93. The molecule has 0 aliphatic heterocycles. The standard InChI is InChI=1S/C9H8N2O4/c12-8(13)10-4-5-1-2-7-6(3-5)11-9(14)15-7/h1-3,10H,4H2,(H,11,14)(H,12,13). The summed E-state index contributed by atoms with van der Waals surface area (Å²) in [5.41, 5.74) is 1.77. The van der Waals surface area contributed by atoms with E-state index in [0.717, 1.165) is 5.56 Å². The summed E-state index contributed by atoms with van der Waals surface area (Å²) in [6.07, 6.45) is -1.09. The predicted octanol–water partition coefficient (Wildman–Crippen LogP) is 0.889. The van der Waals surface area contributed by atoms with Crippen LogP contribution in [0.4, 0.5) is 4.79 Å². The van der Waals surface area contributed by atoms with Gasteiger partial charge in [0.1, 0.15) is 0 Å². The van der Waals surface area contributed by atoms with Crippen molar-refractivity contribution in [1.29, 1.82) is 0 Å². The Balaban J connectivity index is 2.30. The van der Waals surface area contributed by atoms with Crippen molar-refractivity contribution in [3.8, 4) is 0 Å². The van der Waals surface area contributed by atoms with Crippen LogP contribution in [0.3, 0.4) is 0 Å². The molecule has 2 rings (SSSR count). The molecule has 0 unspecified atom stereocenters. The molecule has 2 aromatic rings. The molecule has 0 fully saturated rings. The van der Waals surface area contributed by atoms with Gasteiger partial charge in [-0.1, -0.05) is 6.07 Å². The number of H-pyrrole nitrogens is 1. The van der Waals surface area contributed by atoms with E-state index in [4.69, 9.17) is 9.52 Å². The summed E-state index contributed by atoms with van der Waals surface area (Å²) in [6.45, 7) is 0.193. The predicted molar refractivity (Wildman–Crippen MR) is 51.7 cm³/mol. The molecular weight excluding hydrogens is 200 g/mol. The second-order valence-electron chi connectivity index (χ2n) is 3.00. The van der Waals surface area contributed by atoms with Crippen molar-refractivity contribution in [2.24, 2.45) is 0 Å². The summed E-state index contributed by atoms with van der Waals surface area (Å²) in [4.78, 5) is 23.6. The molecule has 0 spiro atoms. The van der Waals surface area contributed by atoms with E-state index in [1.54, 1.807) is 18.2 Å². The zero-order valence-electron chi connectivity index (χ0n) is 7.61. The number of oxazole rings is 1. The Labute approximate surface area is 83.5 Å². The van der Waals surface area contributed by atoms with E-state index in [2.05, 4.69) is 10.3 Å². The fourth-order valence-electron chi connectivity index (χ4n) is 1.29. The summed E-state index contributed by atoms with van der Waals surface area (Å²) in [5.74, 6) is -0.520. The van der Waals surface area contributed by atoms with Crippen LogP contribution in [0.1, 0.15) is 5.56 Å². The van der Waals surface area contributed by atoms with Gasteiger partial charge < -0.3 is 14.8 Å². The Hall–Kier alpha value is -2.24. The molecule has 6 heteroatoms. The molecule has 1 amide bonds. The van der Waals surface area contributed by atoms with Crippen molar-refractivity contribution in [3.05, 3.63) is 34.3 Å². The maximum absolute atomic E-state index is 10.8. The Morgan fingerprint density at radius 1 is 1.53 bits per heavy atom. The van der Waals surface area contributed by atoms with E-state index >= 15 is 0 Å². The number of nitrogens with one attached hydrogen (secondary N) is 2. The topological polar surface area (TPSA) is 95.3 Å². The molecule has 15 heavy (non-hydrogen) atoms. The maximum Gasteiger partial charge on any atom is 0.417 e. The van der Waals surface area contributed by atoms with Gasteiger partial charge in [0.25, 0.3) is 0 Å². The molecule has 1 heterocycles. The average molecular weight is 208 g/mol. The number of aromatic amines is 1. The van der Waals surface area contributed by atoms with Gasteiger partial charge in [-0.3, -0.25) is 4.98 Å². The lowest BCUT2D eigenvalue weighted by Crippen LogP contribution is -2.19. The smallest absolute Gasteiger partial charge is 0.417 e. The van der Waals surface area contributed by atoms with Crippen molar-refractivity contribution >= 4 is 17.2 Å². The van der Waals surface area contributed by atoms with Gasteiger partial charge in [0.2, 0.25) is 0 Å². The van der Waals surface area contributed by atoms with Gasteiger partial charge in [-0.2, -0.15) is 0 Å². The van der Waals surface area contributed by atoms with Gasteiger partial charge in [0.15, 0.2) is 5.58 Å². The number of carboxylic acid groups (broad SMARTS) is 1. The van der Waals surface area contributed by atoms with Crippen LogP contribution in [-0.4, -0.2) is 16.2 Å². The summed E-state index contributed by atoms with van der Waals surface area (Å²) in [7, 11) is 0. The first kappa shape index (κ1) is 9.32. The Kier molecular flexibility index (Phi) is 2.17. The SMILES string of the molecule is O=C(O)NCc1ccc2oc(=O)[nH]c2c1. The van der Waals surface area contributed by atoms with Crippen molar-refractivity contribution in [2.75, 3.05) is 0 Å². The molecule has 3 N–H and O–H groups in total. The molecular formula is C9H8N2O4. The van der Waals surface area contributed by atoms with Gasteiger partial charge in [-0.15, -0.1) is 0 Å². The molecule has 0 atom stereocenters. The van der Waals surface area contributed by atoms with Crippen LogP contribution < -0.4 is 11.1 Å². The number of aromatic nitrogens is 1. The van der Waals surface area contributed by atoms with Crippen LogP contribution in [0.2, 0.25) is 0 Å². The summed E-state index contributed by atoms with van der Waals surface area (Å²) in [5, 5.41) is 10.6. The van der Waals surface area contributed by atoms with Gasteiger partial charge in [-0.05, 0) is 17.7 Å². The lowest BCUT2D eigenvalue weighted by molar-refractivity contribution is 0.194. The van der Waals surface area contributed by atoms with E-state index in [-0.39, 0.29) is 6.54 Å². The number of benzene rings is 1. The minimum absolute atomic E-state index is 0.193. The fraction of sp³-hybridized carbons (Fsp3) is 0.111. The lowest BCUT2D eigenvalue weighted by atomic mass is 10.2. The highest BCUT2D eigenvalue weighted by molar-refractivity contribution is 5.73. The van der Waals surface area contributed by atoms with Crippen molar-refractivity contribution in [1.82, 2.24) is 10.3 Å².